The maximum Gasteiger partial charge on any atom is 0.331 e. The van der Waals surface area contributed by atoms with Gasteiger partial charge in [0.1, 0.15) is 0 Å². The number of esters is 2. The van der Waals surface area contributed by atoms with Crippen molar-refractivity contribution >= 4 is 11.9 Å². The molecule has 4 bridgehead atoms. The van der Waals surface area contributed by atoms with Crippen LogP contribution in [0.2, 0.25) is 0 Å². The molecule has 0 aromatic carbocycles. The van der Waals surface area contributed by atoms with Crippen molar-refractivity contribution in [3.05, 3.63) is 23.3 Å². The summed E-state index contributed by atoms with van der Waals surface area (Å²) in [6.45, 7) is 2.14. The molecular weight excluding hydrogens is 408 g/mol. The minimum atomic E-state index is -0.479. The van der Waals surface area contributed by atoms with Gasteiger partial charge >= 0.3 is 11.9 Å². The Labute approximate surface area is 187 Å². The van der Waals surface area contributed by atoms with E-state index in [1.165, 1.54) is 18.4 Å². The molecular formula is C25H30N2O5. The number of hydrogen-bond acceptors (Lipinski definition) is 7. The Kier molecular flexibility index (Phi) is 3.53. The normalized spacial score (nSPS) is 50.9. The van der Waals surface area contributed by atoms with Gasteiger partial charge in [-0.25, -0.2) is 9.59 Å². The zero-order valence-electron chi connectivity index (χ0n) is 18.3. The van der Waals surface area contributed by atoms with Crippen LogP contribution in [0.5, 0.6) is 0 Å². The Morgan fingerprint density at radius 1 is 0.781 bits per heavy atom. The summed E-state index contributed by atoms with van der Waals surface area (Å²) in [5.74, 6) is -0.343. The number of carbonyl (C=O) groups excluding carboxylic acids is 2. The van der Waals surface area contributed by atoms with Crippen LogP contribution in [-0.4, -0.2) is 82.4 Å². The van der Waals surface area contributed by atoms with E-state index in [1.54, 1.807) is 12.2 Å². The molecule has 32 heavy (non-hydrogen) atoms. The van der Waals surface area contributed by atoms with Gasteiger partial charge in [-0.1, -0.05) is 6.42 Å². The smallest absolute Gasteiger partial charge is 0.331 e. The van der Waals surface area contributed by atoms with Crippen LogP contribution in [0, 0.1) is 0 Å². The second-order valence-corrected chi connectivity index (χ2v) is 11.3. The zero-order valence-corrected chi connectivity index (χ0v) is 18.3. The summed E-state index contributed by atoms with van der Waals surface area (Å²) in [6, 6.07) is 1.25. The number of rotatable bonds is 2. The fraction of sp³-hybridized carbons (Fsp3) is 0.760. The molecule has 7 aliphatic heterocycles. The molecule has 2 spiro atoms. The van der Waals surface area contributed by atoms with Crippen LogP contribution in [0.1, 0.15) is 57.8 Å². The van der Waals surface area contributed by atoms with Crippen molar-refractivity contribution in [1.29, 1.82) is 0 Å². The molecule has 2 aliphatic carbocycles. The minimum absolute atomic E-state index is 0.0603. The first-order chi connectivity index (χ1) is 15.6. The molecule has 0 aromatic heterocycles. The molecule has 2 saturated carbocycles. The molecule has 7 fully saturated rings. The Balaban J connectivity index is 1.13. The Morgan fingerprint density at radius 2 is 1.44 bits per heavy atom. The van der Waals surface area contributed by atoms with Crippen LogP contribution in [0.3, 0.4) is 0 Å². The molecule has 7 heteroatoms. The molecule has 5 saturated heterocycles. The lowest BCUT2D eigenvalue weighted by Crippen LogP contribution is -2.72. The van der Waals surface area contributed by atoms with E-state index in [0.29, 0.717) is 24.2 Å². The van der Waals surface area contributed by atoms with Crippen molar-refractivity contribution in [2.24, 2.45) is 0 Å². The summed E-state index contributed by atoms with van der Waals surface area (Å²) in [5, 5.41) is 0. The van der Waals surface area contributed by atoms with Crippen LogP contribution in [-0.2, 0) is 23.8 Å². The lowest BCUT2D eigenvalue weighted by atomic mass is 9.64. The van der Waals surface area contributed by atoms with Crippen molar-refractivity contribution in [1.82, 2.24) is 9.80 Å². The van der Waals surface area contributed by atoms with Crippen molar-refractivity contribution in [2.75, 3.05) is 13.1 Å². The molecule has 7 heterocycles. The summed E-state index contributed by atoms with van der Waals surface area (Å²) in [4.78, 5) is 29.8. The van der Waals surface area contributed by atoms with E-state index in [9.17, 15) is 9.59 Å². The molecule has 7 nitrogen and oxygen atoms in total. The van der Waals surface area contributed by atoms with Crippen molar-refractivity contribution < 1.29 is 23.8 Å². The van der Waals surface area contributed by atoms with E-state index in [-0.39, 0.29) is 24.1 Å². The summed E-state index contributed by atoms with van der Waals surface area (Å²) >= 11 is 0. The highest BCUT2D eigenvalue weighted by atomic mass is 16.6. The predicted octanol–water partition coefficient (Wildman–Crippen LogP) is 1.86. The van der Waals surface area contributed by atoms with Gasteiger partial charge in [-0.3, -0.25) is 9.80 Å². The maximum atomic E-state index is 12.3. The van der Waals surface area contributed by atoms with Crippen LogP contribution in [0.15, 0.2) is 23.3 Å². The van der Waals surface area contributed by atoms with Gasteiger partial charge < -0.3 is 14.2 Å². The summed E-state index contributed by atoms with van der Waals surface area (Å²) in [6.07, 6.45) is 12.7. The molecule has 9 aliphatic rings. The third kappa shape index (κ3) is 2.14. The summed E-state index contributed by atoms with van der Waals surface area (Å²) in [5.41, 5.74) is 1.49. The lowest BCUT2D eigenvalue weighted by molar-refractivity contribution is -0.208. The third-order valence-corrected chi connectivity index (χ3v) is 10.1. The number of nitrogens with zero attached hydrogens (tertiary/aromatic N) is 2. The minimum Gasteiger partial charge on any atom is -0.450 e. The highest BCUT2D eigenvalue weighted by Crippen LogP contribution is 2.58. The first kappa shape index (κ1) is 18.7. The SMILES string of the molecule is O=C1C=C2C[C@H](O[C@H]3C[C@@]45OC(=O)C=C4C[C@@H]3N3CCCC[C@@H]35)[C@@H]3C[C@@]2(O1)[C@H]1CCCN31. The van der Waals surface area contributed by atoms with E-state index >= 15 is 0 Å². The van der Waals surface area contributed by atoms with Crippen molar-refractivity contribution in [3.63, 3.8) is 0 Å². The van der Waals surface area contributed by atoms with Gasteiger partial charge in [0, 0.05) is 43.5 Å². The summed E-state index contributed by atoms with van der Waals surface area (Å²) < 4.78 is 19.1. The quantitative estimate of drug-likeness (QED) is 0.610. The lowest BCUT2D eigenvalue weighted by Gasteiger charge is -2.61. The van der Waals surface area contributed by atoms with Crippen LogP contribution < -0.4 is 0 Å². The predicted molar refractivity (Wildman–Crippen MR) is 113 cm³/mol. The number of piperidine rings is 3. The van der Waals surface area contributed by atoms with Gasteiger partial charge in [-0.05, 0) is 56.3 Å². The van der Waals surface area contributed by atoms with Gasteiger partial charge in [0.2, 0.25) is 0 Å². The number of fused-ring (bicyclic) bond motifs is 4. The Morgan fingerprint density at radius 3 is 2.25 bits per heavy atom. The second kappa shape index (κ2) is 6.05. The van der Waals surface area contributed by atoms with E-state index in [4.69, 9.17) is 14.2 Å². The van der Waals surface area contributed by atoms with Gasteiger partial charge in [-0.2, -0.15) is 0 Å². The van der Waals surface area contributed by atoms with Crippen LogP contribution in [0.4, 0.5) is 0 Å². The molecule has 0 unspecified atom stereocenters. The van der Waals surface area contributed by atoms with Crippen molar-refractivity contribution in [3.8, 4) is 0 Å². The number of carbonyl (C=O) groups is 2. The average Bonchev–Trinajstić information content (AvgIpc) is 3.51. The van der Waals surface area contributed by atoms with Crippen LogP contribution in [0.25, 0.3) is 0 Å². The highest BCUT2D eigenvalue weighted by molar-refractivity contribution is 5.88. The fourth-order valence-electron chi connectivity index (χ4n) is 9.01. The molecule has 0 amide bonds. The van der Waals surface area contributed by atoms with E-state index in [1.807, 2.05) is 0 Å². The first-order valence-electron chi connectivity index (χ1n) is 12.6. The number of ether oxygens (including phenoxy) is 3. The zero-order chi connectivity index (χ0) is 21.2. The van der Waals surface area contributed by atoms with E-state index < -0.39 is 11.2 Å². The fourth-order valence-corrected chi connectivity index (χ4v) is 9.01. The average molecular weight is 439 g/mol. The van der Waals surface area contributed by atoms with Gasteiger partial charge in [0.25, 0.3) is 0 Å². The van der Waals surface area contributed by atoms with Gasteiger partial charge in [0.15, 0.2) is 11.2 Å². The largest absolute Gasteiger partial charge is 0.450 e. The molecule has 9 rings (SSSR count). The second-order valence-electron chi connectivity index (χ2n) is 11.3. The summed E-state index contributed by atoms with van der Waals surface area (Å²) in [7, 11) is 0. The van der Waals surface area contributed by atoms with Gasteiger partial charge in [0.05, 0.1) is 24.3 Å². The topological polar surface area (TPSA) is 68.3 Å². The Bertz CT molecular complexity index is 991. The maximum absolute atomic E-state index is 12.3. The van der Waals surface area contributed by atoms with E-state index in [2.05, 4.69) is 9.80 Å². The molecule has 0 N–H and O–H groups in total. The van der Waals surface area contributed by atoms with E-state index in [0.717, 1.165) is 63.6 Å². The van der Waals surface area contributed by atoms with Crippen LogP contribution >= 0.6 is 0 Å². The standard InChI is InChI=1S/C25H30N2O5/c28-22-10-14-8-16-19(13-25(14,32-22)20-4-1-2-6-26(16)20)30-18-9-15-11-23(29)31-24(15)12-17(18)27-7-3-5-21(24)27/h10-11,16-21H,1-9,12-13H2/t16-,17-,18-,19-,20+,21+,24-,25+/m0/s1. The number of hydrogen-bond donors (Lipinski definition) is 0. The molecule has 8 atom stereocenters. The molecule has 0 radical (unpaired) electrons. The third-order valence-electron chi connectivity index (χ3n) is 10.1. The van der Waals surface area contributed by atoms with Gasteiger partial charge in [-0.15, -0.1) is 0 Å². The van der Waals surface area contributed by atoms with Crippen molar-refractivity contribution in [2.45, 2.75) is 105 Å². The highest BCUT2D eigenvalue weighted by Gasteiger charge is 2.67. The molecule has 170 valence electrons. The molecule has 0 aromatic rings. The Hall–Kier alpha value is -1.70. The first-order valence-corrected chi connectivity index (χ1v) is 12.6. The monoisotopic (exact) mass is 438 g/mol.